The molecule has 0 aliphatic rings. The second-order valence-electron chi connectivity index (χ2n) is 1.93. The van der Waals surface area contributed by atoms with E-state index in [1.54, 1.807) is 0 Å². The lowest BCUT2D eigenvalue weighted by molar-refractivity contribution is 0.112. The van der Waals surface area contributed by atoms with Gasteiger partial charge < -0.3 is 12.9 Å². The van der Waals surface area contributed by atoms with Crippen molar-refractivity contribution >= 4 is 29.4 Å². The van der Waals surface area contributed by atoms with Gasteiger partial charge in [-0.05, 0) is 21.8 Å². The molecule has 1 aromatic heterocycles. The minimum atomic E-state index is -5.01. The highest BCUT2D eigenvalue weighted by molar-refractivity contribution is 7.23. The summed E-state index contributed by atoms with van der Waals surface area (Å²) < 4.78 is 35.2. The Morgan fingerprint density at radius 3 is 2.45 bits per heavy atom. The highest BCUT2D eigenvalue weighted by Gasteiger charge is 2.29. The molecule has 0 bridgehead atoms. The zero-order valence-corrected chi connectivity index (χ0v) is 6.08. The van der Waals surface area contributed by atoms with Crippen LogP contribution in [0, 0.1) is 0 Å². The van der Waals surface area contributed by atoms with Crippen molar-refractivity contribution in [3.8, 4) is 0 Å². The first-order valence-corrected chi connectivity index (χ1v) is 3.66. The van der Waals surface area contributed by atoms with Crippen molar-refractivity contribution in [2.24, 2.45) is 0 Å². The van der Waals surface area contributed by atoms with Gasteiger partial charge in [0, 0.05) is 0 Å². The summed E-state index contributed by atoms with van der Waals surface area (Å²) in [6.45, 7) is -5.01. The maximum Gasteiger partial charge on any atom is 0.520 e. The van der Waals surface area contributed by atoms with Gasteiger partial charge in [0.25, 0.3) is 0 Å². The van der Waals surface area contributed by atoms with Crippen LogP contribution in [0.2, 0.25) is 0 Å². The SMILES string of the molecule is O=Cc1ccsc1[B-](F)(F)F. The van der Waals surface area contributed by atoms with Gasteiger partial charge in [-0.2, -0.15) is 11.3 Å². The summed E-state index contributed by atoms with van der Waals surface area (Å²) in [6, 6.07) is 1.17. The van der Waals surface area contributed by atoms with E-state index in [1.807, 2.05) is 0 Å². The van der Waals surface area contributed by atoms with E-state index in [1.165, 1.54) is 11.4 Å². The lowest BCUT2D eigenvalue weighted by atomic mass is 9.86. The molecule has 0 aliphatic heterocycles. The molecule has 1 rings (SSSR count). The minimum absolute atomic E-state index is 0.223. The van der Waals surface area contributed by atoms with Crippen LogP contribution in [0.4, 0.5) is 12.9 Å². The van der Waals surface area contributed by atoms with Crippen molar-refractivity contribution < 1.29 is 17.7 Å². The lowest BCUT2D eigenvalue weighted by Crippen LogP contribution is -2.33. The second kappa shape index (κ2) is 2.69. The predicted octanol–water partition coefficient (Wildman–Crippen LogP) is 1.61. The van der Waals surface area contributed by atoms with Gasteiger partial charge in [-0.25, -0.2) is 0 Å². The Morgan fingerprint density at radius 1 is 1.45 bits per heavy atom. The molecule has 0 atom stereocenters. The molecular formula is C5H3BF3OS-. The first-order valence-electron chi connectivity index (χ1n) is 2.78. The van der Waals surface area contributed by atoms with Crippen molar-refractivity contribution in [2.75, 3.05) is 0 Å². The number of carbonyl (C=O) groups is 1. The van der Waals surface area contributed by atoms with Gasteiger partial charge in [-0.3, -0.25) is 4.79 Å². The summed E-state index contributed by atoms with van der Waals surface area (Å²) in [5.74, 6) is 0. The molecule has 0 saturated carbocycles. The monoisotopic (exact) mass is 179 g/mol. The topological polar surface area (TPSA) is 17.1 Å². The largest absolute Gasteiger partial charge is 0.520 e. The third-order valence-electron chi connectivity index (χ3n) is 1.15. The number of halogens is 3. The summed E-state index contributed by atoms with van der Waals surface area (Å²) >= 11 is 0.553. The number of hydrogen-bond donors (Lipinski definition) is 0. The van der Waals surface area contributed by atoms with E-state index in [-0.39, 0.29) is 11.8 Å². The molecule has 0 fully saturated rings. The van der Waals surface area contributed by atoms with Gasteiger partial charge in [0.15, 0.2) is 0 Å². The van der Waals surface area contributed by atoms with Crippen LogP contribution in [0.15, 0.2) is 11.4 Å². The van der Waals surface area contributed by atoms with Crippen molar-refractivity contribution in [3.63, 3.8) is 0 Å². The standard InChI is InChI=1S/C5H3BF3OS/c7-6(8,9)5-4(3-10)1-2-11-5/h1-3H/q-1. The van der Waals surface area contributed by atoms with Crippen LogP contribution in [-0.2, 0) is 0 Å². The Bertz CT molecular complexity index is 267. The van der Waals surface area contributed by atoms with Crippen molar-refractivity contribution in [1.29, 1.82) is 0 Å². The fourth-order valence-electron chi connectivity index (χ4n) is 0.694. The zero-order valence-electron chi connectivity index (χ0n) is 5.26. The van der Waals surface area contributed by atoms with E-state index in [0.29, 0.717) is 11.3 Å². The third-order valence-corrected chi connectivity index (χ3v) is 2.18. The van der Waals surface area contributed by atoms with Gasteiger partial charge in [-0.15, -0.1) is 0 Å². The molecule has 0 aliphatic carbocycles. The minimum Gasteiger partial charge on any atom is -0.444 e. The Labute approximate surface area is 64.9 Å². The molecule has 60 valence electrons. The molecule has 11 heavy (non-hydrogen) atoms. The highest BCUT2D eigenvalue weighted by atomic mass is 32.1. The van der Waals surface area contributed by atoms with E-state index < -0.39 is 11.8 Å². The first-order chi connectivity index (χ1) is 5.05. The number of rotatable bonds is 2. The van der Waals surface area contributed by atoms with Crippen molar-refractivity contribution in [2.45, 2.75) is 0 Å². The van der Waals surface area contributed by atoms with Crippen molar-refractivity contribution in [1.82, 2.24) is 0 Å². The third kappa shape index (κ3) is 1.62. The quantitative estimate of drug-likeness (QED) is 0.497. The Hall–Kier alpha value is -0.775. The zero-order chi connectivity index (χ0) is 8.48. The maximum absolute atomic E-state index is 12.0. The van der Waals surface area contributed by atoms with E-state index in [2.05, 4.69) is 0 Å². The number of carbonyl (C=O) groups excluding carboxylic acids is 1. The normalized spacial score (nSPS) is 11.5. The maximum atomic E-state index is 12.0. The molecule has 0 amide bonds. The van der Waals surface area contributed by atoms with Gasteiger partial charge in [0.05, 0.1) is 0 Å². The molecular weight excluding hydrogens is 176 g/mol. The molecule has 6 heteroatoms. The summed E-state index contributed by atoms with van der Waals surface area (Å²) in [5.41, 5.74) is -0.262. The van der Waals surface area contributed by atoms with Crippen LogP contribution < -0.4 is 4.78 Å². The Morgan fingerprint density at radius 2 is 2.09 bits per heavy atom. The molecule has 1 heterocycles. The van der Waals surface area contributed by atoms with Crippen LogP contribution in [0.3, 0.4) is 0 Å². The van der Waals surface area contributed by atoms with Gasteiger partial charge in [-0.1, -0.05) is 0 Å². The fourth-order valence-corrected chi connectivity index (χ4v) is 1.46. The van der Waals surface area contributed by atoms with Crippen LogP contribution in [0.1, 0.15) is 10.4 Å². The van der Waals surface area contributed by atoms with E-state index in [0.717, 1.165) is 0 Å². The summed E-state index contributed by atoms with van der Waals surface area (Å²) in [5, 5.41) is 1.26. The van der Waals surface area contributed by atoms with E-state index in [9.17, 15) is 17.7 Å². The molecule has 0 unspecified atom stereocenters. The number of aldehydes is 1. The Kier molecular flexibility index (Phi) is 2.04. The molecule has 0 radical (unpaired) electrons. The molecule has 1 nitrogen and oxygen atoms in total. The predicted molar refractivity (Wildman–Crippen MR) is 38.4 cm³/mol. The summed E-state index contributed by atoms with van der Waals surface area (Å²) in [7, 11) is 0. The molecule has 0 saturated heterocycles. The molecule has 0 spiro atoms. The average Bonchev–Trinajstić information content (AvgIpc) is 2.31. The van der Waals surface area contributed by atoms with E-state index >= 15 is 0 Å². The van der Waals surface area contributed by atoms with Gasteiger partial charge in [0.1, 0.15) is 6.29 Å². The second-order valence-corrected chi connectivity index (χ2v) is 2.88. The van der Waals surface area contributed by atoms with Crippen molar-refractivity contribution in [3.05, 3.63) is 17.0 Å². The van der Waals surface area contributed by atoms with Crippen LogP contribution >= 0.6 is 11.3 Å². The van der Waals surface area contributed by atoms with Crippen LogP contribution in [-0.4, -0.2) is 13.3 Å². The highest BCUT2D eigenvalue weighted by Crippen LogP contribution is 2.15. The lowest BCUT2D eigenvalue weighted by Gasteiger charge is -2.11. The summed E-state index contributed by atoms with van der Waals surface area (Å²) in [4.78, 5) is 10.1. The van der Waals surface area contributed by atoms with Crippen LogP contribution in [0.25, 0.3) is 0 Å². The Balaban J connectivity index is 3.12. The molecule has 0 N–H and O–H groups in total. The smallest absolute Gasteiger partial charge is 0.444 e. The average molecular weight is 179 g/mol. The van der Waals surface area contributed by atoms with Crippen LogP contribution in [0.5, 0.6) is 0 Å². The molecule has 0 aromatic carbocycles. The number of thiophene rings is 1. The molecule has 1 aromatic rings. The first kappa shape index (κ1) is 8.32. The van der Waals surface area contributed by atoms with Gasteiger partial charge >= 0.3 is 6.98 Å². The summed E-state index contributed by atoms with van der Waals surface area (Å²) in [6.07, 6.45) is 0.223. The fraction of sp³-hybridized carbons (Fsp3) is 0. The number of hydrogen-bond acceptors (Lipinski definition) is 2. The van der Waals surface area contributed by atoms with E-state index in [4.69, 9.17) is 0 Å². The van der Waals surface area contributed by atoms with Gasteiger partial charge in [0.2, 0.25) is 0 Å².